The van der Waals surface area contributed by atoms with Gasteiger partial charge in [-0.3, -0.25) is 4.90 Å². The van der Waals surface area contributed by atoms with Gasteiger partial charge in [0.15, 0.2) is 0 Å². The Morgan fingerprint density at radius 2 is 2.06 bits per heavy atom. The van der Waals surface area contributed by atoms with E-state index >= 15 is 0 Å². The molecule has 2 rings (SSSR count). The molecule has 1 saturated heterocycles. The molecule has 1 atom stereocenters. The van der Waals surface area contributed by atoms with Crippen LogP contribution in [-0.4, -0.2) is 30.1 Å². The van der Waals surface area contributed by atoms with Gasteiger partial charge in [-0.15, -0.1) is 0 Å². The lowest BCUT2D eigenvalue weighted by molar-refractivity contribution is 0.178. The molecule has 0 aromatic heterocycles. The number of hydrogen-bond acceptors (Lipinski definition) is 2. The summed E-state index contributed by atoms with van der Waals surface area (Å²) in [5.74, 6) is 0. The number of likely N-dealkylation sites (tertiary alicyclic amines) is 1. The van der Waals surface area contributed by atoms with Crippen LogP contribution in [0.1, 0.15) is 32.3 Å². The number of benzene rings is 1. The van der Waals surface area contributed by atoms with E-state index in [1.807, 2.05) is 0 Å². The van der Waals surface area contributed by atoms with Crippen LogP contribution in [0, 0.1) is 0 Å². The molecular formula is C15H24N2. The first-order valence-corrected chi connectivity index (χ1v) is 6.76. The molecule has 1 aromatic rings. The minimum Gasteiger partial charge on any atom is -0.311 e. The van der Waals surface area contributed by atoms with Crippen molar-refractivity contribution >= 4 is 0 Å². The molecule has 17 heavy (non-hydrogen) atoms. The van der Waals surface area contributed by atoms with Crippen molar-refractivity contribution in [3.05, 3.63) is 35.9 Å². The topological polar surface area (TPSA) is 15.3 Å². The van der Waals surface area contributed by atoms with Crippen molar-refractivity contribution in [3.8, 4) is 0 Å². The lowest BCUT2D eigenvalue weighted by Crippen LogP contribution is -2.47. The summed E-state index contributed by atoms with van der Waals surface area (Å²) in [4.78, 5) is 2.57. The van der Waals surface area contributed by atoms with Crippen LogP contribution in [0.5, 0.6) is 0 Å². The molecule has 2 nitrogen and oxygen atoms in total. The van der Waals surface area contributed by atoms with E-state index in [4.69, 9.17) is 0 Å². The molecule has 0 amide bonds. The van der Waals surface area contributed by atoms with E-state index in [-0.39, 0.29) is 0 Å². The van der Waals surface area contributed by atoms with Crippen LogP contribution in [0.2, 0.25) is 0 Å². The minimum atomic E-state index is 0.594. The number of nitrogens with one attached hydrogen (secondary N) is 1. The summed E-state index contributed by atoms with van der Waals surface area (Å²) >= 11 is 0. The molecule has 2 heteroatoms. The lowest BCUT2D eigenvalue weighted by Gasteiger charge is -2.34. The second-order valence-corrected chi connectivity index (χ2v) is 5.38. The van der Waals surface area contributed by atoms with Gasteiger partial charge in [-0.2, -0.15) is 0 Å². The zero-order valence-corrected chi connectivity index (χ0v) is 11.0. The Morgan fingerprint density at radius 3 is 2.76 bits per heavy atom. The Bertz CT molecular complexity index is 321. The van der Waals surface area contributed by atoms with Gasteiger partial charge in [0, 0.05) is 25.2 Å². The molecule has 1 N–H and O–H groups in total. The van der Waals surface area contributed by atoms with Crippen molar-refractivity contribution in [2.75, 3.05) is 13.1 Å². The molecule has 0 spiro atoms. The van der Waals surface area contributed by atoms with Gasteiger partial charge in [0.05, 0.1) is 0 Å². The summed E-state index contributed by atoms with van der Waals surface area (Å²) in [6, 6.07) is 12.1. The maximum Gasteiger partial charge on any atom is 0.0234 e. The van der Waals surface area contributed by atoms with Gasteiger partial charge in [0.25, 0.3) is 0 Å². The molecule has 1 aromatic carbocycles. The Labute approximate surface area is 105 Å². The minimum absolute atomic E-state index is 0.594. The van der Waals surface area contributed by atoms with E-state index in [9.17, 15) is 0 Å². The molecule has 1 aliphatic rings. The highest BCUT2D eigenvalue weighted by molar-refractivity contribution is 5.14. The second kappa shape index (κ2) is 6.18. The molecular weight excluding hydrogens is 208 g/mol. The first kappa shape index (κ1) is 12.6. The molecule has 94 valence electrons. The monoisotopic (exact) mass is 232 g/mol. The normalized spacial score (nSPS) is 21.9. The molecule has 1 aliphatic heterocycles. The third-order valence-electron chi connectivity index (χ3n) is 3.32. The summed E-state index contributed by atoms with van der Waals surface area (Å²) in [6.45, 7) is 7.99. The fraction of sp³-hybridized carbons (Fsp3) is 0.600. The van der Waals surface area contributed by atoms with Crippen LogP contribution in [0.15, 0.2) is 30.3 Å². The van der Waals surface area contributed by atoms with Gasteiger partial charge in [-0.05, 0) is 24.9 Å². The van der Waals surface area contributed by atoms with Gasteiger partial charge in [-0.25, -0.2) is 0 Å². The zero-order chi connectivity index (χ0) is 12.1. The standard InChI is InChI=1S/C15H24N2/c1-13(2)16-15-9-6-10-17(12-15)11-14-7-4-3-5-8-14/h3-5,7-8,13,15-16H,6,9-12H2,1-2H3/t15-/m1/s1. The van der Waals surface area contributed by atoms with E-state index in [0.29, 0.717) is 12.1 Å². The fourth-order valence-corrected chi connectivity index (χ4v) is 2.65. The molecule has 0 saturated carbocycles. The summed E-state index contributed by atoms with van der Waals surface area (Å²) in [6.07, 6.45) is 2.64. The van der Waals surface area contributed by atoms with Crippen LogP contribution in [0.3, 0.4) is 0 Å². The van der Waals surface area contributed by atoms with E-state index < -0.39 is 0 Å². The lowest BCUT2D eigenvalue weighted by atomic mass is 10.0. The largest absolute Gasteiger partial charge is 0.311 e. The third kappa shape index (κ3) is 4.14. The van der Waals surface area contributed by atoms with Crippen molar-refractivity contribution in [1.82, 2.24) is 10.2 Å². The molecule has 1 fully saturated rings. The van der Waals surface area contributed by atoms with Gasteiger partial charge in [0.2, 0.25) is 0 Å². The van der Waals surface area contributed by atoms with Crippen LogP contribution in [0.4, 0.5) is 0 Å². The van der Waals surface area contributed by atoms with Crippen LogP contribution >= 0.6 is 0 Å². The van der Waals surface area contributed by atoms with Gasteiger partial charge in [0.1, 0.15) is 0 Å². The van der Waals surface area contributed by atoms with Gasteiger partial charge in [-0.1, -0.05) is 44.2 Å². The first-order chi connectivity index (χ1) is 8.24. The summed E-state index contributed by atoms with van der Waals surface area (Å²) < 4.78 is 0. The van der Waals surface area contributed by atoms with Crippen LogP contribution in [-0.2, 0) is 6.54 Å². The highest BCUT2D eigenvalue weighted by atomic mass is 15.2. The molecule has 0 bridgehead atoms. The number of hydrogen-bond donors (Lipinski definition) is 1. The van der Waals surface area contributed by atoms with E-state index in [2.05, 4.69) is 54.4 Å². The van der Waals surface area contributed by atoms with Crippen molar-refractivity contribution in [3.63, 3.8) is 0 Å². The summed E-state index contributed by atoms with van der Waals surface area (Å²) in [5.41, 5.74) is 1.43. The predicted molar refractivity (Wildman–Crippen MR) is 73.0 cm³/mol. The van der Waals surface area contributed by atoms with E-state index in [0.717, 1.165) is 6.54 Å². The van der Waals surface area contributed by atoms with E-state index in [1.54, 1.807) is 0 Å². The predicted octanol–water partition coefficient (Wildman–Crippen LogP) is 2.65. The maximum absolute atomic E-state index is 3.66. The van der Waals surface area contributed by atoms with Gasteiger partial charge < -0.3 is 5.32 Å². The highest BCUT2D eigenvalue weighted by Gasteiger charge is 2.19. The quantitative estimate of drug-likeness (QED) is 0.858. The fourth-order valence-electron chi connectivity index (χ4n) is 2.65. The number of piperidine rings is 1. The van der Waals surface area contributed by atoms with Gasteiger partial charge >= 0.3 is 0 Å². The molecule has 0 aliphatic carbocycles. The second-order valence-electron chi connectivity index (χ2n) is 5.38. The SMILES string of the molecule is CC(C)N[C@@H]1CCCN(Cc2ccccc2)C1. The third-order valence-corrected chi connectivity index (χ3v) is 3.32. The zero-order valence-electron chi connectivity index (χ0n) is 11.0. The first-order valence-electron chi connectivity index (χ1n) is 6.76. The maximum atomic E-state index is 3.66. The highest BCUT2D eigenvalue weighted by Crippen LogP contribution is 2.14. The van der Waals surface area contributed by atoms with Crippen molar-refractivity contribution in [2.45, 2.75) is 45.3 Å². The van der Waals surface area contributed by atoms with Crippen molar-refractivity contribution < 1.29 is 0 Å². The van der Waals surface area contributed by atoms with Crippen molar-refractivity contribution in [2.24, 2.45) is 0 Å². The smallest absolute Gasteiger partial charge is 0.0234 e. The molecule has 1 heterocycles. The Morgan fingerprint density at radius 1 is 1.29 bits per heavy atom. The summed E-state index contributed by atoms with van der Waals surface area (Å²) in [5, 5.41) is 3.66. The average Bonchev–Trinajstić information content (AvgIpc) is 2.30. The number of rotatable bonds is 4. The summed E-state index contributed by atoms with van der Waals surface area (Å²) in [7, 11) is 0. The molecule has 0 unspecified atom stereocenters. The Kier molecular flexibility index (Phi) is 4.57. The molecule has 0 radical (unpaired) electrons. The Hall–Kier alpha value is -0.860. The van der Waals surface area contributed by atoms with Crippen LogP contribution < -0.4 is 5.32 Å². The van der Waals surface area contributed by atoms with Crippen LogP contribution in [0.25, 0.3) is 0 Å². The van der Waals surface area contributed by atoms with Crippen molar-refractivity contribution in [1.29, 1.82) is 0 Å². The average molecular weight is 232 g/mol. The Balaban J connectivity index is 1.85. The number of nitrogens with zero attached hydrogens (tertiary/aromatic N) is 1. The van der Waals surface area contributed by atoms with E-state index in [1.165, 1.54) is 31.5 Å².